The van der Waals surface area contributed by atoms with Gasteiger partial charge in [0.1, 0.15) is 23.1 Å². The largest absolute Gasteiger partial charge is 0.363 e. The van der Waals surface area contributed by atoms with Gasteiger partial charge in [-0.3, -0.25) is 0 Å². The summed E-state index contributed by atoms with van der Waals surface area (Å²) < 4.78 is 1.86. The fraction of sp³-hybridized carbons (Fsp3) is 0.455. The fourth-order valence-corrected chi connectivity index (χ4v) is 1.88. The Morgan fingerprint density at radius 3 is 2.94 bits per heavy atom. The fourth-order valence-electron chi connectivity index (χ4n) is 1.69. The van der Waals surface area contributed by atoms with Crippen molar-refractivity contribution < 1.29 is 0 Å². The van der Waals surface area contributed by atoms with E-state index in [2.05, 4.69) is 25.5 Å². The van der Waals surface area contributed by atoms with Crippen LogP contribution in [0.25, 0.3) is 0 Å². The van der Waals surface area contributed by atoms with Crippen LogP contribution in [-0.2, 0) is 13.6 Å². The molecular weight excluding hydrogens is 252 g/mol. The first kappa shape index (κ1) is 11.4. The Kier molecular flexibility index (Phi) is 2.87. The predicted octanol–water partition coefficient (Wildman–Crippen LogP) is 1.75. The summed E-state index contributed by atoms with van der Waals surface area (Å²) in [4.78, 5) is 8.70. The average Bonchev–Trinajstić information content (AvgIpc) is 3.11. The van der Waals surface area contributed by atoms with Gasteiger partial charge < -0.3 is 9.88 Å². The quantitative estimate of drug-likeness (QED) is 0.852. The second kappa shape index (κ2) is 4.53. The second-order valence-electron chi connectivity index (χ2n) is 4.42. The van der Waals surface area contributed by atoms with E-state index in [-0.39, 0.29) is 0 Å². The maximum absolute atomic E-state index is 5.99. The van der Waals surface area contributed by atoms with Gasteiger partial charge in [0.25, 0.3) is 0 Å². The summed E-state index contributed by atoms with van der Waals surface area (Å²) in [6.07, 6.45) is 3.98. The Hall–Kier alpha value is -1.69. The molecule has 7 heteroatoms. The van der Waals surface area contributed by atoms with E-state index < -0.39 is 0 Å². The van der Waals surface area contributed by atoms with E-state index >= 15 is 0 Å². The molecule has 0 spiro atoms. The molecule has 0 aromatic carbocycles. The van der Waals surface area contributed by atoms with Crippen molar-refractivity contribution in [2.45, 2.75) is 25.3 Å². The van der Waals surface area contributed by atoms with Gasteiger partial charge >= 0.3 is 0 Å². The van der Waals surface area contributed by atoms with Crippen molar-refractivity contribution in [1.82, 2.24) is 24.7 Å². The van der Waals surface area contributed by atoms with Crippen LogP contribution in [0.15, 0.2) is 12.4 Å². The van der Waals surface area contributed by atoms with Crippen molar-refractivity contribution in [3.8, 4) is 0 Å². The lowest BCUT2D eigenvalue weighted by atomic mass is 10.4. The van der Waals surface area contributed by atoms with Gasteiger partial charge in [-0.2, -0.15) is 0 Å². The van der Waals surface area contributed by atoms with Crippen molar-refractivity contribution in [2.75, 3.05) is 5.32 Å². The highest BCUT2D eigenvalue weighted by Crippen LogP contribution is 2.38. The molecule has 2 aromatic heterocycles. The molecule has 0 amide bonds. The number of aromatic nitrogens is 5. The average molecular weight is 265 g/mol. The molecule has 1 N–H and O–H groups in total. The molecule has 0 saturated heterocycles. The van der Waals surface area contributed by atoms with Gasteiger partial charge in [-0.1, -0.05) is 11.6 Å². The van der Waals surface area contributed by atoms with E-state index in [4.69, 9.17) is 11.6 Å². The van der Waals surface area contributed by atoms with Crippen molar-refractivity contribution in [3.63, 3.8) is 0 Å². The summed E-state index contributed by atoms with van der Waals surface area (Å²) >= 11 is 5.99. The molecule has 0 aliphatic heterocycles. The van der Waals surface area contributed by atoms with Gasteiger partial charge in [-0.15, -0.1) is 10.2 Å². The molecule has 0 radical (unpaired) electrons. The maximum atomic E-state index is 5.99. The molecule has 0 atom stereocenters. The van der Waals surface area contributed by atoms with E-state index in [1.54, 1.807) is 12.4 Å². The minimum absolute atomic E-state index is 0.479. The Morgan fingerprint density at radius 1 is 1.44 bits per heavy atom. The first-order valence-electron chi connectivity index (χ1n) is 5.83. The SMILES string of the molecule is Cn1cnnc1CNc1cc(Cl)nc(C2CC2)n1. The number of hydrogen-bond donors (Lipinski definition) is 1. The van der Waals surface area contributed by atoms with Crippen LogP contribution in [0, 0.1) is 0 Å². The molecule has 2 aromatic rings. The summed E-state index contributed by atoms with van der Waals surface area (Å²) in [5, 5.41) is 11.5. The predicted molar refractivity (Wildman–Crippen MR) is 67.3 cm³/mol. The number of halogens is 1. The highest BCUT2D eigenvalue weighted by Gasteiger charge is 2.27. The number of rotatable bonds is 4. The topological polar surface area (TPSA) is 68.5 Å². The number of nitrogens with one attached hydrogen (secondary N) is 1. The van der Waals surface area contributed by atoms with Crippen LogP contribution >= 0.6 is 11.6 Å². The highest BCUT2D eigenvalue weighted by atomic mass is 35.5. The van der Waals surface area contributed by atoms with Gasteiger partial charge in [0.2, 0.25) is 0 Å². The molecule has 0 unspecified atom stereocenters. The van der Waals surface area contributed by atoms with E-state index in [0.717, 1.165) is 30.3 Å². The standard InChI is InChI=1S/C11H13ClN6/c1-18-6-14-17-10(18)5-13-9-4-8(12)15-11(16-9)7-2-3-7/h4,6-7H,2-3,5H2,1H3,(H,13,15,16). The molecular formula is C11H13ClN6. The van der Waals surface area contributed by atoms with Crippen LogP contribution in [0.2, 0.25) is 5.15 Å². The smallest absolute Gasteiger partial charge is 0.151 e. The van der Waals surface area contributed by atoms with Crippen LogP contribution in [-0.4, -0.2) is 24.7 Å². The number of nitrogens with zero attached hydrogens (tertiary/aromatic N) is 5. The van der Waals surface area contributed by atoms with Gasteiger partial charge in [0.05, 0.1) is 6.54 Å². The highest BCUT2D eigenvalue weighted by molar-refractivity contribution is 6.29. The molecule has 2 heterocycles. The normalized spacial score (nSPS) is 14.8. The minimum Gasteiger partial charge on any atom is -0.363 e. The van der Waals surface area contributed by atoms with Crippen molar-refractivity contribution in [3.05, 3.63) is 29.2 Å². The van der Waals surface area contributed by atoms with E-state index in [9.17, 15) is 0 Å². The summed E-state index contributed by atoms with van der Waals surface area (Å²) in [6, 6.07) is 1.73. The van der Waals surface area contributed by atoms with Crippen LogP contribution in [0.1, 0.15) is 30.4 Å². The van der Waals surface area contributed by atoms with E-state index in [1.807, 2.05) is 11.6 Å². The summed E-state index contributed by atoms with van der Waals surface area (Å²) in [5.74, 6) is 2.90. The monoisotopic (exact) mass is 264 g/mol. The Bertz CT molecular complexity index is 562. The first-order valence-corrected chi connectivity index (χ1v) is 6.21. The minimum atomic E-state index is 0.479. The van der Waals surface area contributed by atoms with Gasteiger partial charge in [-0.05, 0) is 12.8 Å². The molecule has 6 nitrogen and oxygen atoms in total. The van der Waals surface area contributed by atoms with Crippen LogP contribution in [0.3, 0.4) is 0 Å². The zero-order chi connectivity index (χ0) is 12.5. The summed E-state index contributed by atoms with van der Waals surface area (Å²) in [7, 11) is 1.90. The van der Waals surface area contributed by atoms with E-state index in [0.29, 0.717) is 17.6 Å². The molecule has 1 aliphatic carbocycles. The third-order valence-electron chi connectivity index (χ3n) is 2.89. The van der Waals surface area contributed by atoms with E-state index in [1.165, 1.54) is 0 Å². The van der Waals surface area contributed by atoms with Gasteiger partial charge in [-0.25, -0.2) is 9.97 Å². The lowest BCUT2D eigenvalue weighted by molar-refractivity contribution is 0.807. The zero-order valence-corrected chi connectivity index (χ0v) is 10.7. The molecule has 1 fully saturated rings. The van der Waals surface area contributed by atoms with Crippen molar-refractivity contribution in [2.24, 2.45) is 7.05 Å². The molecule has 94 valence electrons. The third-order valence-corrected chi connectivity index (χ3v) is 3.08. The Labute approximate surface area is 109 Å². The van der Waals surface area contributed by atoms with Gasteiger partial charge in [0.15, 0.2) is 5.82 Å². The van der Waals surface area contributed by atoms with Crippen molar-refractivity contribution >= 4 is 17.4 Å². The third kappa shape index (κ3) is 2.43. The molecule has 1 aliphatic rings. The van der Waals surface area contributed by atoms with Crippen LogP contribution in [0.4, 0.5) is 5.82 Å². The lowest BCUT2D eigenvalue weighted by Gasteiger charge is -2.07. The van der Waals surface area contributed by atoms with Crippen LogP contribution in [0.5, 0.6) is 0 Å². The first-order chi connectivity index (χ1) is 8.72. The Balaban J connectivity index is 1.74. The van der Waals surface area contributed by atoms with Gasteiger partial charge in [0, 0.05) is 19.0 Å². The molecule has 0 bridgehead atoms. The van der Waals surface area contributed by atoms with Crippen LogP contribution < -0.4 is 5.32 Å². The van der Waals surface area contributed by atoms with Crippen molar-refractivity contribution in [1.29, 1.82) is 0 Å². The second-order valence-corrected chi connectivity index (χ2v) is 4.81. The summed E-state index contributed by atoms with van der Waals surface area (Å²) in [6.45, 7) is 0.563. The molecule has 1 saturated carbocycles. The number of anilines is 1. The zero-order valence-electron chi connectivity index (χ0n) is 9.97. The molecule has 18 heavy (non-hydrogen) atoms. The molecule has 3 rings (SSSR count). The maximum Gasteiger partial charge on any atom is 0.151 e. The lowest BCUT2D eigenvalue weighted by Crippen LogP contribution is -2.08. The Morgan fingerprint density at radius 2 is 2.28 bits per heavy atom. The number of hydrogen-bond acceptors (Lipinski definition) is 5. The number of aryl methyl sites for hydroxylation is 1. The summed E-state index contributed by atoms with van der Waals surface area (Å²) in [5.41, 5.74) is 0.